The van der Waals surface area contributed by atoms with Crippen LogP contribution in [-0.2, 0) is 49.7 Å². The van der Waals surface area contributed by atoms with E-state index in [4.69, 9.17) is 20.7 Å². The maximum absolute atomic E-state index is 12.4. The number of H-pyrrole nitrogens is 1. The predicted octanol–water partition coefficient (Wildman–Crippen LogP) is -0.663. The number of imidazole rings is 1. The van der Waals surface area contributed by atoms with Crippen molar-refractivity contribution in [3.63, 3.8) is 0 Å². The number of phosphoric ester groups is 2. The minimum atomic E-state index is -6.20. The van der Waals surface area contributed by atoms with Gasteiger partial charge in [-0.3, -0.25) is 28.0 Å². The number of hydrogen-bond acceptors (Lipinski definition) is 20. The molecule has 292 valence electrons. The Morgan fingerprint density at radius 3 is 2.17 bits per heavy atom. The molecule has 9 N–H and O–H groups in total. The highest BCUT2D eigenvalue weighted by Gasteiger charge is 2.49. The van der Waals surface area contributed by atoms with Crippen molar-refractivity contribution in [1.29, 1.82) is 0 Å². The van der Waals surface area contributed by atoms with E-state index in [9.17, 15) is 57.6 Å². The molecule has 5 heterocycles. The molecule has 3 aromatic heterocycles. The molecule has 33 heteroatoms. The van der Waals surface area contributed by atoms with Crippen LogP contribution in [0.2, 0.25) is 0 Å². The van der Waals surface area contributed by atoms with Crippen LogP contribution in [0.1, 0.15) is 24.4 Å². The van der Waals surface area contributed by atoms with E-state index in [0.717, 1.165) is 28.0 Å². The lowest BCUT2D eigenvalue weighted by atomic mass is 10.1. The number of aryl methyl sites for hydroxylation is 1. The van der Waals surface area contributed by atoms with Gasteiger partial charge in [-0.25, -0.2) is 38.0 Å². The first-order valence-corrected chi connectivity index (χ1v) is 20.3. The van der Waals surface area contributed by atoms with Crippen LogP contribution in [0.4, 0.5) is 5.82 Å². The molecule has 2 fully saturated rings. The fraction of sp³-hybridized carbons (Fsp3) is 0.550. The molecule has 0 radical (unpaired) electrons. The number of ether oxygens (including phenoxy) is 2. The maximum Gasteiger partial charge on any atom is 0.490 e. The number of fused-ring (bicyclic) bond motifs is 1. The number of aliphatic hydroxyl groups excluding tert-OH is 2. The first-order chi connectivity index (χ1) is 24.6. The Hall–Kier alpha value is -3.26. The zero-order chi connectivity index (χ0) is 39.1. The lowest BCUT2D eigenvalue weighted by Gasteiger charge is -2.21. The van der Waals surface area contributed by atoms with Crippen molar-refractivity contribution in [2.24, 2.45) is 5.11 Å². The van der Waals surface area contributed by atoms with Crippen molar-refractivity contribution >= 4 is 48.3 Å². The highest BCUT2D eigenvalue weighted by Crippen LogP contribution is 2.71. The van der Waals surface area contributed by atoms with E-state index >= 15 is 0 Å². The van der Waals surface area contributed by atoms with Crippen LogP contribution in [0.25, 0.3) is 21.6 Å². The SMILES string of the molecule is Cc1cn([C@H]2C[C@H](N=[N+]=[N-])[C@@H](COP(=O)(O)OP(=O)(O)OP(=O)(O)OP(=O)(O)OC[C@H]3O[C@@H](n4cnc5c(N)ncnc54)[C@H](O)[C@@H]3O)O2)c(=O)[nH]c1=O. The number of nitrogens with one attached hydrogen (secondary N) is 1. The number of anilines is 1. The molecule has 2 aliphatic heterocycles. The minimum absolute atomic E-state index is 0.0183. The molecule has 5 rings (SSSR count). The number of hydrogen-bond donors (Lipinski definition) is 8. The lowest BCUT2D eigenvalue weighted by Crippen LogP contribution is -2.33. The van der Waals surface area contributed by atoms with E-state index < -0.39 is 98.7 Å². The maximum atomic E-state index is 12.4. The fourth-order valence-corrected chi connectivity index (χ4v) is 9.93. The van der Waals surface area contributed by atoms with Gasteiger partial charge < -0.3 is 45.0 Å². The van der Waals surface area contributed by atoms with E-state index in [1.807, 2.05) is 4.98 Å². The number of phosphoric acid groups is 4. The quantitative estimate of drug-likeness (QED) is 0.0407. The third kappa shape index (κ3) is 9.71. The van der Waals surface area contributed by atoms with Gasteiger partial charge in [0.1, 0.15) is 36.4 Å². The third-order valence-electron chi connectivity index (χ3n) is 7.28. The van der Waals surface area contributed by atoms with Gasteiger partial charge in [0, 0.05) is 23.1 Å². The van der Waals surface area contributed by atoms with Crippen LogP contribution in [0, 0.1) is 6.92 Å². The van der Waals surface area contributed by atoms with Crippen molar-refractivity contribution in [2.75, 3.05) is 18.9 Å². The van der Waals surface area contributed by atoms with Gasteiger partial charge in [-0.05, 0) is 12.5 Å². The second-order valence-electron chi connectivity index (χ2n) is 11.0. The molecule has 53 heavy (non-hydrogen) atoms. The smallest absolute Gasteiger partial charge is 0.387 e. The summed E-state index contributed by atoms with van der Waals surface area (Å²) in [6.45, 7) is -0.762. The van der Waals surface area contributed by atoms with Gasteiger partial charge in [-0.15, -0.1) is 0 Å². The second kappa shape index (κ2) is 15.5. The van der Waals surface area contributed by atoms with E-state index in [0.29, 0.717) is 0 Å². The van der Waals surface area contributed by atoms with E-state index in [1.54, 1.807) is 0 Å². The Balaban J connectivity index is 1.15. The number of aromatic amines is 1. The molecule has 0 spiro atoms. The van der Waals surface area contributed by atoms with Gasteiger partial charge in [0.2, 0.25) is 0 Å². The topological polar surface area (TPSA) is 428 Å². The summed E-state index contributed by atoms with van der Waals surface area (Å²) in [6.07, 6.45) is -6.00. The Bertz CT molecular complexity index is 2230. The van der Waals surface area contributed by atoms with Crippen molar-refractivity contribution in [2.45, 2.75) is 56.3 Å². The Kier molecular flexibility index (Phi) is 11.9. The number of rotatable bonds is 15. The molecule has 29 nitrogen and oxygen atoms in total. The first kappa shape index (κ1) is 40.9. The lowest BCUT2D eigenvalue weighted by molar-refractivity contribution is -0.0503. The molecule has 0 amide bonds. The normalized spacial score (nSPS) is 29.2. The average molecular weight is 836 g/mol. The molecule has 0 saturated carbocycles. The van der Waals surface area contributed by atoms with Gasteiger partial charge >= 0.3 is 37.0 Å². The summed E-state index contributed by atoms with van der Waals surface area (Å²) in [6, 6.07) is -1.17. The number of azide groups is 1. The average Bonchev–Trinajstić information content (AvgIpc) is 3.72. The number of nitrogens with two attached hydrogens (primary N) is 1. The standard InChI is InChI=1S/C20H28N10O19P4/c1-8-3-29(20(34)26-18(8)33)12-2-9(27-28-22)10(45-12)4-43-50(35,36)47-52(39,40)49-53(41,42)48-51(37,38)44-5-11-14(31)15(32)19(46-11)30-7-25-13-16(21)23-6-24-17(13)30/h3,6-7,9-12,14-15,19,31-32H,2,4-5H2,1H3,(H,35,36)(H,37,38)(H,39,40)(H,41,42)(H2,21,23,24)(H,26,33,34)/t9-,10+,11+,12+,14+,15+,19+/m0/s1. The summed E-state index contributed by atoms with van der Waals surface area (Å²) in [5.74, 6) is -0.0183. The zero-order valence-electron chi connectivity index (χ0n) is 26.3. The number of aliphatic hydroxyl groups is 2. The monoisotopic (exact) mass is 836 g/mol. The van der Waals surface area contributed by atoms with Gasteiger partial charge in [0.05, 0.1) is 31.7 Å². The first-order valence-electron chi connectivity index (χ1n) is 14.3. The Morgan fingerprint density at radius 2 is 1.55 bits per heavy atom. The summed E-state index contributed by atoms with van der Waals surface area (Å²) in [5.41, 5.74) is 13.3. The van der Waals surface area contributed by atoms with Crippen LogP contribution >= 0.6 is 31.3 Å². The molecule has 3 aromatic rings. The number of nitrogen functional groups attached to an aromatic ring is 1. The highest BCUT2D eigenvalue weighted by molar-refractivity contribution is 7.69. The van der Waals surface area contributed by atoms with Crippen molar-refractivity contribution in [3.8, 4) is 0 Å². The summed E-state index contributed by atoms with van der Waals surface area (Å²) in [4.78, 5) is 79.9. The van der Waals surface area contributed by atoms with Gasteiger partial charge in [0.25, 0.3) is 5.56 Å². The molecule has 2 aliphatic rings. The number of aromatic nitrogens is 6. The van der Waals surface area contributed by atoms with Gasteiger partial charge in [-0.1, -0.05) is 5.11 Å². The Morgan fingerprint density at radius 1 is 0.943 bits per heavy atom. The molecule has 0 bridgehead atoms. The van der Waals surface area contributed by atoms with Crippen LogP contribution in [0.5, 0.6) is 0 Å². The van der Waals surface area contributed by atoms with E-state index in [-0.39, 0.29) is 29.0 Å². The molecule has 0 aromatic carbocycles. The summed E-state index contributed by atoms with van der Waals surface area (Å²) in [5, 5.41) is 24.3. The fourth-order valence-electron chi connectivity index (χ4n) is 4.98. The number of nitrogens with zero attached hydrogens (tertiary/aromatic N) is 8. The van der Waals surface area contributed by atoms with E-state index in [2.05, 4.69) is 47.0 Å². The predicted molar refractivity (Wildman–Crippen MR) is 168 cm³/mol. The van der Waals surface area contributed by atoms with Gasteiger partial charge in [-0.2, -0.15) is 12.9 Å². The summed E-state index contributed by atoms with van der Waals surface area (Å²) < 4.78 is 83.4. The second-order valence-corrected chi connectivity index (χ2v) is 17.2. The van der Waals surface area contributed by atoms with Gasteiger partial charge in [0.15, 0.2) is 17.7 Å². The molecule has 4 unspecified atom stereocenters. The van der Waals surface area contributed by atoms with Crippen LogP contribution in [-0.4, -0.2) is 103 Å². The molecule has 2 saturated heterocycles. The van der Waals surface area contributed by atoms with Crippen LogP contribution < -0.4 is 17.0 Å². The van der Waals surface area contributed by atoms with E-state index in [1.165, 1.54) is 6.92 Å². The summed E-state index contributed by atoms with van der Waals surface area (Å²) in [7, 11) is -23.9. The molecular weight excluding hydrogens is 808 g/mol. The minimum Gasteiger partial charge on any atom is -0.387 e. The van der Waals surface area contributed by atoms with Crippen LogP contribution in [0.3, 0.4) is 0 Å². The Labute approximate surface area is 292 Å². The van der Waals surface area contributed by atoms with Crippen molar-refractivity contribution < 1.29 is 79.5 Å². The summed E-state index contributed by atoms with van der Waals surface area (Å²) >= 11 is 0. The third-order valence-corrected chi connectivity index (χ3v) is 13.2. The van der Waals surface area contributed by atoms with Crippen molar-refractivity contribution in [1.82, 2.24) is 29.1 Å². The molecule has 11 atom stereocenters. The van der Waals surface area contributed by atoms with Crippen LogP contribution in [0.15, 0.2) is 33.6 Å². The highest BCUT2D eigenvalue weighted by atomic mass is 31.3. The molecular formula is C20H28N10O19P4. The molecule has 0 aliphatic carbocycles. The largest absolute Gasteiger partial charge is 0.490 e. The van der Waals surface area contributed by atoms with Crippen molar-refractivity contribution in [3.05, 3.63) is 55.7 Å². The zero-order valence-corrected chi connectivity index (χ0v) is 29.9.